The Balaban J connectivity index is 3.92. The van der Waals surface area contributed by atoms with Gasteiger partial charge in [-0.1, -0.05) is 0 Å². The van der Waals surface area contributed by atoms with Crippen LogP contribution < -0.4 is 0 Å². The van der Waals surface area contributed by atoms with Crippen molar-refractivity contribution in [2.45, 2.75) is 6.42 Å². The maximum absolute atomic E-state index is 11.9. The highest BCUT2D eigenvalue weighted by atomic mass is 19.1. The van der Waals surface area contributed by atoms with Crippen molar-refractivity contribution in [2.24, 2.45) is 0 Å². The molecule has 0 radical (unpaired) electrons. The van der Waals surface area contributed by atoms with Crippen LogP contribution >= 0.6 is 0 Å². The first-order chi connectivity index (χ1) is 4.54. The van der Waals surface area contributed by atoms with E-state index in [-0.39, 0.29) is 0 Å². The van der Waals surface area contributed by atoms with E-state index in [9.17, 15) is 14.0 Å². The van der Waals surface area contributed by atoms with Crippen molar-refractivity contribution in [2.75, 3.05) is 0 Å². The molecule has 0 bridgehead atoms. The van der Waals surface area contributed by atoms with Crippen LogP contribution in [-0.4, -0.2) is 22.2 Å². The topological polar surface area (TPSA) is 74.6 Å². The molecular formula is C5H5FO4. The average molecular weight is 148 g/mol. The van der Waals surface area contributed by atoms with Gasteiger partial charge in [0.2, 0.25) is 5.83 Å². The molecule has 0 unspecified atom stereocenters. The lowest BCUT2D eigenvalue weighted by Gasteiger charge is -1.85. The van der Waals surface area contributed by atoms with Gasteiger partial charge in [-0.15, -0.1) is 0 Å². The van der Waals surface area contributed by atoms with E-state index in [2.05, 4.69) is 0 Å². The quantitative estimate of drug-likeness (QED) is 0.568. The first-order valence-electron chi connectivity index (χ1n) is 2.34. The Labute approximate surface area is 55.6 Å². The maximum atomic E-state index is 11.9. The Morgan fingerprint density at radius 1 is 1.40 bits per heavy atom. The number of carboxylic acids is 2. The van der Waals surface area contributed by atoms with E-state index in [1.165, 1.54) is 0 Å². The summed E-state index contributed by atoms with van der Waals surface area (Å²) in [5, 5.41) is 15.8. The Bertz CT molecular complexity index is 184. The number of halogens is 1. The molecule has 0 rings (SSSR count). The van der Waals surface area contributed by atoms with Crippen LogP contribution in [0.3, 0.4) is 0 Å². The highest BCUT2D eigenvalue weighted by Crippen LogP contribution is 1.97. The third-order valence-corrected chi connectivity index (χ3v) is 0.660. The first kappa shape index (κ1) is 8.61. The molecule has 0 heterocycles. The van der Waals surface area contributed by atoms with Gasteiger partial charge in [-0.05, 0) is 6.08 Å². The molecule has 0 aliphatic rings. The van der Waals surface area contributed by atoms with E-state index in [1.54, 1.807) is 0 Å². The van der Waals surface area contributed by atoms with Crippen molar-refractivity contribution in [1.29, 1.82) is 0 Å². The molecule has 0 saturated carbocycles. The Hall–Kier alpha value is -1.39. The van der Waals surface area contributed by atoms with Crippen LogP contribution in [0.2, 0.25) is 0 Å². The van der Waals surface area contributed by atoms with Gasteiger partial charge in [0.25, 0.3) is 0 Å². The van der Waals surface area contributed by atoms with Gasteiger partial charge in [0, 0.05) is 0 Å². The molecule has 0 aliphatic heterocycles. The van der Waals surface area contributed by atoms with Crippen molar-refractivity contribution in [3.05, 3.63) is 11.9 Å². The summed E-state index contributed by atoms with van der Waals surface area (Å²) in [5.41, 5.74) is 0. The predicted octanol–water partition coefficient (Wildman–Crippen LogP) is 0.399. The second-order valence-corrected chi connectivity index (χ2v) is 1.46. The van der Waals surface area contributed by atoms with Crippen LogP contribution in [-0.2, 0) is 9.59 Å². The highest BCUT2D eigenvalue weighted by Gasteiger charge is 2.04. The smallest absolute Gasteiger partial charge is 0.364 e. The number of hydrogen-bond acceptors (Lipinski definition) is 2. The van der Waals surface area contributed by atoms with Crippen LogP contribution in [0.15, 0.2) is 11.9 Å². The molecular weight excluding hydrogens is 143 g/mol. The molecule has 0 fully saturated rings. The van der Waals surface area contributed by atoms with Gasteiger partial charge in [0.15, 0.2) is 0 Å². The molecule has 0 saturated heterocycles. The minimum Gasteiger partial charge on any atom is -0.481 e. The average Bonchev–Trinajstić information content (AvgIpc) is 1.82. The summed E-state index contributed by atoms with van der Waals surface area (Å²) in [7, 11) is 0. The van der Waals surface area contributed by atoms with E-state index < -0.39 is 24.2 Å². The maximum Gasteiger partial charge on any atom is 0.364 e. The SMILES string of the molecule is O=C(O)CC=C(F)C(=O)O. The number of carboxylic acid groups (broad SMARTS) is 2. The minimum atomic E-state index is -1.75. The fourth-order valence-corrected chi connectivity index (χ4v) is 0.264. The fourth-order valence-electron chi connectivity index (χ4n) is 0.264. The Kier molecular flexibility index (Phi) is 3.10. The van der Waals surface area contributed by atoms with Gasteiger partial charge >= 0.3 is 11.9 Å². The van der Waals surface area contributed by atoms with Crippen LogP contribution in [0.5, 0.6) is 0 Å². The zero-order valence-corrected chi connectivity index (χ0v) is 4.87. The number of hydrogen-bond donors (Lipinski definition) is 2. The van der Waals surface area contributed by atoms with Crippen molar-refractivity contribution in [1.82, 2.24) is 0 Å². The van der Waals surface area contributed by atoms with Crippen molar-refractivity contribution < 1.29 is 24.2 Å². The molecule has 0 aromatic rings. The summed E-state index contributed by atoms with van der Waals surface area (Å²) in [6.07, 6.45) is -0.122. The number of aliphatic carboxylic acids is 2. The Morgan fingerprint density at radius 2 is 1.90 bits per heavy atom. The summed E-state index contributed by atoms with van der Waals surface area (Å²) in [5.74, 6) is -4.46. The second-order valence-electron chi connectivity index (χ2n) is 1.46. The summed E-state index contributed by atoms with van der Waals surface area (Å²) < 4.78 is 11.9. The third kappa shape index (κ3) is 3.59. The van der Waals surface area contributed by atoms with Gasteiger partial charge in [0.05, 0.1) is 6.42 Å². The van der Waals surface area contributed by atoms with Gasteiger partial charge in [0.1, 0.15) is 0 Å². The fraction of sp³-hybridized carbons (Fsp3) is 0.200. The van der Waals surface area contributed by atoms with Gasteiger partial charge < -0.3 is 10.2 Å². The molecule has 0 aliphatic carbocycles. The normalized spacial score (nSPS) is 11.1. The van der Waals surface area contributed by atoms with Gasteiger partial charge in [-0.3, -0.25) is 4.79 Å². The summed E-state index contributed by atoms with van der Waals surface area (Å²) in [6, 6.07) is 0. The summed E-state index contributed by atoms with van der Waals surface area (Å²) in [6.45, 7) is 0. The molecule has 0 spiro atoms. The Morgan fingerprint density at radius 3 is 2.20 bits per heavy atom. The van der Waals surface area contributed by atoms with E-state index in [4.69, 9.17) is 10.2 Å². The molecule has 0 aromatic heterocycles. The highest BCUT2D eigenvalue weighted by molar-refractivity contribution is 5.84. The lowest BCUT2D eigenvalue weighted by Crippen LogP contribution is -1.97. The van der Waals surface area contributed by atoms with Crippen molar-refractivity contribution in [3.63, 3.8) is 0 Å². The molecule has 2 N–H and O–H groups in total. The third-order valence-electron chi connectivity index (χ3n) is 0.660. The predicted molar refractivity (Wildman–Crippen MR) is 29.1 cm³/mol. The summed E-state index contributed by atoms with van der Waals surface area (Å²) in [4.78, 5) is 19.4. The zero-order chi connectivity index (χ0) is 8.15. The lowest BCUT2D eigenvalue weighted by atomic mass is 10.4. The lowest BCUT2D eigenvalue weighted by molar-refractivity contribution is -0.136. The molecule has 0 atom stereocenters. The van der Waals surface area contributed by atoms with Gasteiger partial charge in [-0.25, -0.2) is 4.79 Å². The van der Waals surface area contributed by atoms with Crippen LogP contribution in [0.1, 0.15) is 6.42 Å². The number of carbonyl (C=O) groups is 2. The van der Waals surface area contributed by atoms with Crippen molar-refractivity contribution >= 4 is 11.9 Å². The molecule has 0 aromatic carbocycles. The number of rotatable bonds is 3. The van der Waals surface area contributed by atoms with Gasteiger partial charge in [-0.2, -0.15) is 4.39 Å². The molecule has 0 amide bonds. The van der Waals surface area contributed by atoms with E-state index in [1.807, 2.05) is 0 Å². The van der Waals surface area contributed by atoms with Crippen molar-refractivity contribution in [3.8, 4) is 0 Å². The molecule has 10 heavy (non-hydrogen) atoms. The van der Waals surface area contributed by atoms with E-state index in [0.29, 0.717) is 6.08 Å². The second kappa shape index (κ2) is 3.60. The molecule has 4 nitrogen and oxygen atoms in total. The van der Waals surface area contributed by atoms with Crippen LogP contribution in [0, 0.1) is 0 Å². The molecule has 5 heteroatoms. The summed E-state index contributed by atoms with van der Waals surface area (Å²) >= 11 is 0. The molecule has 56 valence electrons. The van der Waals surface area contributed by atoms with E-state index in [0.717, 1.165) is 0 Å². The largest absolute Gasteiger partial charge is 0.481 e. The van der Waals surface area contributed by atoms with Crippen LogP contribution in [0.25, 0.3) is 0 Å². The minimum absolute atomic E-state index is 0.491. The monoisotopic (exact) mass is 148 g/mol. The standard InChI is InChI=1S/C5H5FO4/c6-3(5(9)10)1-2-4(7)8/h1H,2H2,(H,7,8)(H,9,10). The van der Waals surface area contributed by atoms with Crippen LogP contribution in [0.4, 0.5) is 4.39 Å². The first-order valence-corrected chi connectivity index (χ1v) is 2.34. The van der Waals surface area contributed by atoms with E-state index >= 15 is 0 Å². The zero-order valence-electron chi connectivity index (χ0n) is 4.87.